The van der Waals surface area contributed by atoms with Crippen LogP contribution in [0.15, 0.2) is 11.5 Å². The fourth-order valence-electron chi connectivity index (χ4n) is 2.36. The van der Waals surface area contributed by atoms with Crippen LogP contribution in [0.1, 0.15) is 26.7 Å². The average Bonchev–Trinajstić information content (AvgIpc) is 2.80. The maximum atomic E-state index is 4.14. The zero-order valence-electron chi connectivity index (χ0n) is 10.2. The van der Waals surface area contributed by atoms with E-state index in [2.05, 4.69) is 29.4 Å². The lowest BCUT2D eigenvalue weighted by atomic mass is 10.1. The van der Waals surface area contributed by atoms with Crippen molar-refractivity contribution in [2.45, 2.75) is 43.1 Å². The molecular weight excluding hydrogens is 220 g/mol. The van der Waals surface area contributed by atoms with E-state index in [1.165, 1.54) is 12.8 Å². The number of nitrogens with one attached hydrogen (secondary N) is 1. The van der Waals surface area contributed by atoms with E-state index in [-0.39, 0.29) is 0 Å². The van der Waals surface area contributed by atoms with Gasteiger partial charge in [-0.2, -0.15) is 0 Å². The maximum absolute atomic E-state index is 4.14. The molecule has 1 aliphatic carbocycles. The SMILES string of the molecule is CCNC1CCC(Sc2nncn2C)C1C. The van der Waals surface area contributed by atoms with Crippen LogP contribution in [0.4, 0.5) is 0 Å². The number of hydrogen-bond donors (Lipinski definition) is 1. The summed E-state index contributed by atoms with van der Waals surface area (Å²) in [5, 5.41) is 13.3. The first kappa shape index (κ1) is 11.9. The highest BCUT2D eigenvalue weighted by Gasteiger charge is 2.33. The monoisotopic (exact) mass is 240 g/mol. The van der Waals surface area contributed by atoms with Crippen LogP contribution < -0.4 is 5.32 Å². The molecular formula is C11H20N4S. The lowest BCUT2D eigenvalue weighted by molar-refractivity contribution is 0.441. The molecule has 1 N–H and O–H groups in total. The lowest BCUT2D eigenvalue weighted by Gasteiger charge is -2.20. The standard InChI is InChI=1S/C11H20N4S/c1-4-12-9-5-6-10(8(9)2)16-11-14-13-7-15(11)3/h7-10,12H,4-6H2,1-3H3. The van der Waals surface area contributed by atoms with Crippen molar-refractivity contribution in [1.29, 1.82) is 0 Å². The average molecular weight is 240 g/mol. The van der Waals surface area contributed by atoms with Crippen molar-refractivity contribution in [3.05, 3.63) is 6.33 Å². The Morgan fingerprint density at radius 3 is 3.00 bits per heavy atom. The predicted molar refractivity (Wildman–Crippen MR) is 66.5 cm³/mol. The molecule has 3 unspecified atom stereocenters. The Bertz CT molecular complexity index is 338. The van der Waals surface area contributed by atoms with E-state index in [0.29, 0.717) is 17.2 Å². The Morgan fingerprint density at radius 1 is 1.56 bits per heavy atom. The summed E-state index contributed by atoms with van der Waals surface area (Å²) in [4.78, 5) is 0. The van der Waals surface area contributed by atoms with E-state index in [1.54, 1.807) is 6.33 Å². The molecule has 3 atom stereocenters. The third-order valence-electron chi connectivity index (χ3n) is 3.38. The summed E-state index contributed by atoms with van der Waals surface area (Å²) in [6, 6.07) is 0.677. The van der Waals surface area contributed by atoms with E-state index >= 15 is 0 Å². The third kappa shape index (κ3) is 2.40. The minimum Gasteiger partial charge on any atom is -0.314 e. The fraction of sp³-hybridized carbons (Fsp3) is 0.818. The van der Waals surface area contributed by atoms with Gasteiger partial charge >= 0.3 is 0 Å². The second kappa shape index (κ2) is 5.19. The molecule has 2 rings (SSSR count). The van der Waals surface area contributed by atoms with Crippen molar-refractivity contribution in [3.63, 3.8) is 0 Å². The van der Waals surface area contributed by atoms with E-state index in [9.17, 15) is 0 Å². The Labute approximate surface area is 101 Å². The van der Waals surface area contributed by atoms with Crippen LogP contribution in [-0.2, 0) is 7.05 Å². The molecule has 1 fully saturated rings. The largest absolute Gasteiger partial charge is 0.314 e. The molecule has 0 radical (unpaired) electrons. The van der Waals surface area contributed by atoms with Crippen LogP contribution in [0.3, 0.4) is 0 Å². The first-order valence-electron chi connectivity index (χ1n) is 5.96. The molecule has 5 heteroatoms. The first-order chi connectivity index (χ1) is 7.72. The van der Waals surface area contributed by atoms with Crippen molar-refractivity contribution in [2.24, 2.45) is 13.0 Å². The topological polar surface area (TPSA) is 42.7 Å². The molecule has 1 heterocycles. The lowest BCUT2D eigenvalue weighted by Crippen LogP contribution is -2.33. The molecule has 1 aromatic heterocycles. The van der Waals surface area contributed by atoms with Gasteiger partial charge in [0.15, 0.2) is 5.16 Å². The molecule has 0 saturated heterocycles. The Hall–Kier alpha value is -0.550. The van der Waals surface area contributed by atoms with Crippen LogP contribution in [-0.4, -0.2) is 32.6 Å². The van der Waals surface area contributed by atoms with Crippen molar-refractivity contribution >= 4 is 11.8 Å². The first-order valence-corrected chi connectivity index (χ1v) is 6.84. The molecule has 4 nitrogen and oxygen atoms in total. The van der Waals surface area contributed by atoms with Gasteiger partial charge in [0.25, 0.3) is 0 Å². The minimum absolute atomic E-state index is 0.673. The van der Waals surface area contributed by atoms with Crippen LogP contribution in [0.2, 0.25) is 0 Å². The van der Waals surface area contributed by atoms with Gasteiger partial charge in [-0.05, 0) is 25.3 Å². The van der Waals surface area contributed by atoms with Gasteiger partial charge in [-0.15, -0.1) is 10.2 Å². The second-order valence-electron chi connectivity index (χ2n) is 4.48. The highest BCUT2D eigenvalue weighted by molar-refractivity contribution is 7.99. The third-order valence-corrected chi connectivity index (χ3v) is 4.92. The molecule has 16 heavy (non-hydrogen) atoms. The maximum Gasteiger partial charge on any atom is 0.191 e. The number of aromatic nitrogens is 3. The number of rotatable bonds is 4. The van der Waals surface area contributed by atoms with Gasteiger partial charge in [-0.1, -0.05) is 25.6 Å². The number of nitrogens with zero attached hydrogens (tertiary/aromatic N) is 3. The van der Waals surface area contributed by atoms with Crippen LogP contribution in [0.5, 0.6) is 0 Å². The number of thioether (sulfide) groups is 1. The normalized spacial score (nSPS) is 29.8. The smallest absolute Gasteiger partial charge is 0.191 e. The molecule has 0 spiro atoms. The summed E-state index contributed by atoms with van der Waals surface area (Å²) >= 11 is 1.87. The molecule has 1 saturated carbocycles. The summed E-state index contributed by atoms with van der Waals surface area (Å²) in [5.41, 5.74) is 0. The zero-order chi connectivity index (χ0) is 11.5. The van der Waals surface area contributed by atoms with Gasteiger partial charge in [0, 0.05) is 18.3 Å². The van der Waals surface area contributed by atoms with Crippen molar-refractivity contribution in [2.75, 3.05) is 6.54 Å². The molecule has 0 aromatic carbocycles. The highest BCUT2D eigenvalue weighted by atomic mass is 32.2. The summed E-state index contributed by atoms with van der Waals surface area (Å²) < 4.78 is 2.00. The summed E-state index contributed by atoms with van der Waals surface area (Å²) in [5.74, 6) is 0.710. The fourth-order valence-corrected chi connectivity index (χ4v) is 3.60. The van der Waals surface area contributed by atoms with Crippen molar-refractivity contribution in [1.82, 2.24) is 20.1 Å². The Balaban J connectivity index is 1.95. The summed E-state index contributed by atoms with van der Waals surface area (Å²) in [7, 11) is 2.00. The van der Waals surface area contributed by atoms with Crippen LogP contribution >= 0.6 is 11.8 Å². The molecule has 0 bridgehead atoms. The van der Waals surface area contributed by atoms with Gasteiger partial charge in [-0.3, -0.25) is 0 Å². The van der Waals surface area contributed by atoms with E-state index in [0.717, 1.165) is 11.7 Å². The molecule has 0 amide bonds. The molecule has 1 aliphatic rings. The Morgan fingerprint density at radius 2 is 2.38 bits per heavy atom. The number of aryl methyl sites for hydroxylation is 1. The van der Waals surface area contributed by atoms with Crippen molar-refractivity contribution < 1.29 is 0 Å². The zero-order valence-corrected chi connectivity index (χ0v) is 11.0. The second-order valence-corrected chi connectivity index (χ2v) is 5.69. The summed E-state index contributed by atoms with van der Waals surface area (Å²) in [6.45, 7) is 5.58. The quantitative estimate of drug-likeness (QED) is 0.869. The molecule has 1 aromatic rings. The van der Waals surface area contributed by atoms with Gasteiger partial charge in [0.2, 0.25) is 0 Å². The van der Waals surface area contributed by atoms with E-state index in [4.69, 9.17) is 0 Å². The van der Waals surface area contributed by atoms with Gasteiger partial charge in [-0.25, -0.2) is 0 Å². The van der Waals surface area contributed by atoms with E-state index in [1.807, 2.05) is 23.4 Å². The molecule has 90 valence electrons. The summed E-state index contributed by atoms with van der Waals surface area (Å²) in [6.07, 6.45) is 4.32. The molecule has 0 aliphatic heterocycles. The van der Waals surface area contributed by atoms with Gasteiger partial charge < -0.3 is 9.88 Å². The predicted octanol–water partition coefficient (Wildman–Crippen LogP) is 1.68. The minimum atomic E-state index is 0.673. The van der Waals surface area contributed by atoms with Gasteiger partial charge in [0.1, 0.15) is 6.33 Å². The van der Waals surface area contributed by atoms with Crippen LogP contribution in [0, 0.1) is 5.92 Å². The highest BCUT2D eigenvalue weighted by Crippen LogP contribution is 2.37. The van der Waals surface area contributed by atoms with Crippen molar-refractivity contribution in [3.8, 4) is 0 Å². The van der Waals surface area contributed by atoms with Crippen LogP contribution in [0.25, 0.3) is 0 Å². The Kier molecular flexibility index (Phi) is 3.86. The van der Waals surface area contributed by atoms with E-state index < -0.39 is 0 Å². The van der Waals surface area contributed by atoms with Gasteiger partial charge in [0.05, 0.1) is 0 Å². The number of hydrogen-bond acceptors (Lipinski definition) is 4.